The summed E-state index contributed by atoms with van der Waals surface area (Å²) in [5, 5.41) is 4.31. The van der Waals surface area contributed by atoms with Gasteiger partial charge in [-0.05, 0) is 41.6 Å². The zero-order valence-electron chi connectivity index (χ0n) is 11.1. The summed E-state index contributed by atoms with van der Waals surface area (Å²) in [5.74, 6) is 0.555. The van der Waals surface area contributed by atoms with E-state index in [4.69, 9.17) is 11.6 Å². The monoisotopic (exact) mass is 271 g/mol. The van der Waals surface area contributed by atoms with Crippen LogP contribution in [0.15, 0.2) is 42.5 Å². The number of rotatable bonds is 1. The lowest BCUT2D eigenvalue weighted by molar-refractivity contribution is 0.644. The van der Waals surface area contributed by atoms with Crippen LogP contribution in [0, 0.1) is 0 Å². The minimum atomic E-state index is 0.555. The third kappa shape index (κ3) is 2.54. The molecule has 98 valence electrons. The first kappa shape index (κ1) is 12.7. The van der Waals surface area contributed by atoms with E-state index >= 15 is 0 Å². The molecule has 0 amide bonds. The van der Waals surface area contributed by atoms with Gasteiger partial charge in [-0.25, -0.2) is 0 Å². The van der Waals surface area contributed by atoms with Gasteiger partial charge in [0.25, 0.3) is 0 Å². The molecule has 19 heavy (non-hydrogen) atoms. The van der Waals surface area contributed by atoms with E-state index in [2.05, 4.69) is 36.5 Å². The van der Waals surface area contributed by atoms with Crippen molar-refractivity contribution in [2.45, 2.75) is 19.3 Å². The van der Waals surface area contributed by atoms with Crippen LogP contribution in [0.1, 0.15) is 24.0 Å². The van der Waals surface area contributed by atoms with E-state index in [1.165, 1.54) is 16.7 Å². The third-order valence-corrected chi connectivity index (χ3v) is 4.21. The highest BCUT2D eigenvalue weighted by atomic mass is 35.5. The van der Waals surface area contributed by atoms with Crippen LogP contribution in [-0.2, 0) is 6.42 Å². The Kier molecular flexibility index (Phi) is 3.58. The fraction of sp³-hybridized carbons (Fsp3) is 0.294. The van der Waals surface area contributed by atoms with Crippen LogP contribution in [0.25, 0.3) is 11.1 Å². The van der Waals surface area contributed by atoms with Crippen molar-refractivity contribution < 1.29 is 0 Å². The highest BCUT2D eigenvalue weighted by molar-refractivity contribution is 6.33. The Labute approximate surface area is 119 Å². The fourth-order valence-corrected chi connectivity index (χ4v) is 3.04. The number of hydrogen-bond donors (Lipinski definition) is 1. The second-order valence-corrected chi connectivity index (χ2v) is 5.66. The van der Waals surface area contributed by atoms with E-state index in [-0.39, 0.29) is 0 Å². The van der Waals surface area contributed by atoms with Crippen molar-refractivity contribution in [2.24, 2.45) is 0 Å². The molecule has 1 aliphatic heterocycles. The summed E-state index contributed by atoms with van der Waals surface area (Å²) in [7, 11) is 0. The van der Waals surface area contributed by atoms with Crippen LogP contribution in [0.5, 0.6) is 0 Å². The number of hydrogen-bond acceptors (Lipinski definition) is 1. The number of fused-ring (bicyclic) bond motifs is 1. The smallest absolute Gasteiger partial charge is 0.0484 e. The minimum Gasteiger partial charge on any atom is -0.316 e. The molecule has 0 bridgehead atoms. The van der Waals surface area contributed by atoms with Gasteiger partial charge >= 0.3 is 0 Å². The van der Waals surface area contributed by atoms with Gasteiger partial charge in [0, 0.05) is 17.1 Å². The molecule has 0 radical (unpaired) electrons. The molecular weight excluding hydrogens is 254 g/mol. The summed E-state index contributed by atoms with van der Waals surface area (Å²) in [6.07, 6.45) is 1.11. The van der Waals surface area contributed by atoms with Gasteiger partial charge in [-0.2, -0.15) is 0 Å². The standard InChI is InChI=1S/C17H18ClN/c1-12-11-19-9-8-13-6-7-14(10-16(12)13)15-4-2-3-5-17(15)18/h2-7,10,12,19H,8-9,11H2,1H3/t12-/m1/s1. The Balaban J connectivity index is 2.08. The van der Waals surface area contributed by atoms with Crippen LogP contribution in [-0.4, -0.2) is 13.1 Å². The summed E-state index contributed by atoms with van der Waals surface area (Å²) in [6.45, 7) is 4.41. The van der Waals surface area contributed by atoms with Crippen LogP contribution in [0.2, 0.25) is 5.02 Å². The molecule has 0 saturated heterocycles. The van der Waals surface area contributed by atoms with Gasteiger partial charge in [0.2, 0.25) is 0 Å². The van der Waals surface area contributed by atoms with Crippen molar-refractivity contribution in [1.82, 2.24) is 5.32 Å². The van der Waals surface area contributed by atoms with Gasteiger partial charge in [-0.1, -0.05) is 54.9 Å². The Morgan fingerprint density at radius 2 is 2.00 bits per heavy atom. The zero-order chi connectivity index (χ0) is 13.2. The van der Waals surface area contributed by atoms with Crippen molar-refractivity contribution >= 4 is 11.6 Å². The highest BCUT2D eigenvalue weighted by Gasteiger charge is 2.15. The van der Waals surface area contributed by atoms with Gasteiger partial charge in [0.05, 0.1) is 0 Å². The summed E-state index contributed by atoms with van der Waals surface area (Å²) >= 11 is 6.30. The maximum Gasteiger partial charge on any atom is 0.0484 e. The molecular formula is C17H18ClN. The van der Waals surface area contributed by atoms with E-state index in [1.54, 1.807) is 0 Å². The molecule has 1 nitrogen and oxygen atoms in total. The van der Waals surface area contributed by atoms with Crippen molar-refractivity contribution in [3.63, 3.8) is 0 Å². The van der Waals surface area contributed by atoms with Crippen LogP contribution in [0.3, 0.4) is 0 Å². The quantitative estimate of drug-likeness (QED) is 0.817. The maximum atomic E-state index is 6.30. The molecule has 1 atom stereocenters. The second-order valence-electron chi connectivity index (χ2n) is 5.25. The molecule has 1 heterocycles. The number of benzene rings is 2. The average Bonchev–Trinajstić information content (AvgIpc) is 2.61. The summed E-state index contributed by atoms with van der Waals surface area (Å²) in [4.78, 5) is 0. The molecule has 0 saturated carbocycles. The molecule has 0 fully saturated rings. The van der Waals surface area contributed by atoms with E-state index < -0.39 is 0 Å². The molecule has 1 aliphatic rings. The Morgan fingerprint density at radius 3 is 2.84 bits per heavy atom. The van der Waals surface area contributed by atoms with E-state index in [0.717, 1.165) is 30.1 Å². The average molecular weight is 272 g/mol. The Bertz CT molecular complexity index is 592. The normalized spacial score (nSPS) is 18.7. The van der Waals surface area contributed by atoms with Gasteiger partial charge in [0.1, 0.15) is 0 Å². The van der Waals surface area contributed by atoms with Crippen LogP contribution >= 0.6 is 11.6 Å². The first-order chi connectivity index (χ1) is 9.25. The van der Waals surface area contributed by atoms with E-state index in [1.807, 2.05) is 18.2 Å². The van der Waals surface area contributed by atoms with Gasteiger partial charge in [-0.15, -0.1) is 0 Å². The predicted molar refractivity (Wildman–Crippen MR) is 81.9 cm³/mol. The molecule has 0 aromatic heterocycles. The van der Waals surface area contributed by atoms with Crippen molar-refractivity contribution in [3.05, 3.63) is 58.6 Å². The Morgan fingerprint density at radius 1 is 1.16 bits per heavy atom. The SMILES string of the molecule is C[C@@H]1CNCCc2ccc(-c3ccccc3Cl)cc21. The first-order valence-electron chi connectivity index (χ1n) is 6.84. The second kappa shape index (κ2) is 5.36. The molecule has 3 rings (SSSR count). The lowest BCUT2D eigenvalue weighted by Gasteiger charge is -2.14. The summed E-state index contributed by atoms with van der Waals surface area (Å²) in [5.41, 5.74) is 5.27. The molecule has 2 heteroatoms. The first-order valence-corrected chi connectivity index (χ1v) is 7.22. The van der Waals surface area contributed by atoms with Crippen molar-refractivity contribution in [2.75, 3.05) is 13.1 Å². The van der Waals surface area contributed by atoms with Gasteiger partial charge < -0.3 is 5.32 Å². The fourth-order valence-electron chi connectivity index (χ4n) is 2.80. The summed E-state index contributed by atoms with van der Waals surface area (Å²) < 4.78 is 0. The largest absolute Gasteiger partial charge is 0.316 e. The molecule has 1 N–H and O–H groups in total. The van der Waals surface area contributed by atoms with Crippen LogP contribution in [0.4, 0.5) is 0 Å². The number of nitrogens with one attached hydrogen (secondary N) is 1. The topological polar surface area (TPSA) is 12.0 Å². The predicted octanol–water partition coefficient (Wildman–Crippen LogP) is 4.26. The van der Waals surface area contributed by atoms with Gasteiger partial charge in [-0.3, -0.25) is 0 Å². The molecule has 0 spiro atoms. The van der Waals surface area contributed by atoms with Gasteiger partial charge in [0.15, 0.2) is 0 Å². The van der Waals surface area contributed by atoms with E-state index in [9.17, 15) is 0 Å². The minimum absolute atomic E-state index is 0.555. The lowest BCUT2D eigenvalue weighted by atomic mass is 9.91. The molecule has 2 aromatic rings. The van der Waals surface area contributed by atoms with Crippen LogP contribution < -0.4 is 5.32 Å². The molecule has 2 aromatic carbocycles. The number of halogens is 1. The van der Waals surface area contributed by atoms with Crippen molar-refractivity contribution in [3.8, 4) is 11.1 Å². The third-order valence-electron chi connectivity index (χ3n) is 3.88. The lowest BCUT2D eigenvalue weighted by Crippen LogP contribution is -2.18. The van der Waals surface area contributed by atoms with E-state index in [0.29, 0.717) is 5.92 Å². The maximum absolute atomic E-state index is 6.30. The molecule has 0 aliphatic carbocycles. The van der Waals surface area contributed by atoms with Crippen molar-refractivity contribution in [1.29, 1.82) is 0 Å². The molecule has 0 unspecified atom stereocenters. The Hall–Kier alpha value is -1.31. The summed E-state index contributed by atoms with van der Waals surface area (Å²) in [6, 6.07) is 14.8. The zero-order valence-corrected chi connectivity index (χ0v) is 11.9. The highest BCUT2D eigenvalue weighted by Crippen LogP contribution is 2.32.